The number of hydrogen-bond acceptors (Lipinski definition) is 3. The van der Waals surface area contributed by atoms with Crippen LogP contribution in [0.25, 0.3) is 0 Å². The molecule has 1 fully saturated rings. The molecule has 0 aliphatic carbocycles. The van der Waals surface area contributed by atoms with E-state index in [-0.39, 0.29) is 18.5 Å². The van der Waals surface area contributed by atoms with E-state index >= 15 is 0 Å². The standard InChI is InChI=1S/C20H23BrN2O2/c21-16-10-4-5-11-17(16)22-19(24)14-23-13-7-6-12-18(23)20(25)15-8-2-1-3-9-15/h1-5,8-11,18,20,25H,6-7,12-14H2,(H,22,24). The molecular weight excluding hydrogens is 380 g/mol. The van der Waals surface area contributed by atoms with Gasteiger partial charge in [-0.05, 0) is 53.0 Å². The first kappa shape index (κ1) is 18.1. The van der Waals surface area contributed by atoms with Crippen molar-refractivity contribution in [1.82, 2.24) is 4.90 Å². The number of benzene rings is 2. The number of likely N-dealkylation sites (tertiary alicyclic amines) is 1. The number of para-hydroxylation sites is 1. The summed E-state index contributed by atoms with van der Waals surface area (Å²) in [5, 5.41) is 13.7. The summed E-state index contributed by atoms with van der Waals surface area (Å²) < 4.78 is 0.864. The Bertz CT molecular complexity index is 708. The number of halogens is 1. The van der Waals surface area contributed by atoms with Gasteiger partial charge in [0.15, 0.2) is 0 Å². The van der Waals surface area contributed by atoms with Crippen molar-refractivity contribution in [3.63, 3.8) is 0 Å². The predicted molar refractivity (Wildman–Crippen MR) is 103 cm³/mol. The Labute approximate surface area is 157 Å². The summed E-state index contributed by atoms with van der Waals surface area (Å²) in [5.41, 5.74) is 1.68. The van der Waals surface area contributed by atoms with Gasteiger partial charge in [-0.15, -0.1) is 0 Å². The van der Waals surface area contributed by atoms with Crippen LogP contribution in [0, 0.1) is 0 Å². The number of hydrogen-bond donors (Lipinski definition) is 2. The van der Waals surface area contributed by atoms with Crippen molar-refractivity contribution in [2.45, 2.75) is 31.4 Å². The van der Waals surface area contributed by atoms with Gasteiger partial charge >= 0.3 is 0 Å². The Morgan fingerprint density at radius 3 is 2.64 bits per heavy atom. The molecule has 2 N–H and O–H groups in total. The van der Waals surface area contributed by atoms with Gasteiger partial charge < -0.3 is 10.4 Å². The van der Waals surface area contributed by atoms with E-state index in [1.807, 2.05) is 54.6 Å². The minimum Gasteiger partial charge on any atom is -0.387 e. The van der Waals surface area contributed by atoms with E-state index in [1.165, 1.54) is 0 Å². The van der Waals surface area contributed by atoms with Crippen LogP contribution in [0.5, 0.6) is 0 Å². The highest BCUT2D eigenvalue weighted by Crippen LogP contribution is 2.28. The van der Waals surface area contributed by atoms with Crippen LogP contribution in [-0.4, -0.2) is 35.0 Å². The molecule has 0 saturated carbocycles. The van der Waals surface area contributed by atoms with Crippen LogP contribution in [0.4, 0.5) is 5.69 Å². The average molecular weight is 403 g/mol. The number of carbonyl (C=O) groups is 1. The number of carbonyl (C=O) groups excluding carboxylic acids is 1. The normalized spacial score (nSPS) is 19.4. The number of piperidine rings is 1. The third kappa shape index (κ3) is 4.69. The second-order valence-corrected chi connectivity index (χ2v) is 7.27. The molecule has 5 heteroatoms. The summed E-state index contributed by atoms with van der Waals surface area (Å²) in [5.74, 6) is -0.0564. The van der Waals surface area contributed by atoms with Gasteiger partial charge in [0, 0.05) is 10.5 Å². The quantitative estimate of drug-likeness (QED) is 0.794. The molecule has 1 aliphatic heterocycles. The Balaban J connectivity index is 1.67. The van der Waals surface area contributed by atoms with Crippen molar-refractivity contribution in [3.05, 3.63) is 64.6 Å². The number of nitrogens with one attached hydrogen (secondary N) is 1. The largest absolute Gasteiger partial charge is 0.387 e. The lowest BCUT2D eigenvalue weighted by Crippen LogP contribution is -2.46. The number of aliphatic hydroxyl groups excluding tert-OH is 1. The molecule has 0 bridgehead atoms. The van der Waals surface area contributed by atoms with E-state index in [2.05, 4.69) is 26.1 Å². The molecule has 3 rings (SSSR count). The van der Waals surface area contributed by atoms with E-state index in [9.17, 15) is 9.90 Å². The Kier molecular flexibility index (Phi) is 6.24. The molecule has 4 nitrogen and oxygen atoms in total. The number of rotatable bonds is 5. The Morgan fingerprint density at radius 2 is 1.88 bits per heavy atom. The first-order chi connectivity index (χ1) is 12.1. The SMILES string of the molecule is O=C(CN1CCCCC1C(O)c1ccccc1)Nc1ccccc1Br. The topological polar surface area (TPSA) is 52.6 Å². The summed E-state index contributed by atoms with van der Waals surface area (Å²) in [4.78, 5) is 14.6. The zero-order chi connectivity index (χ0) is 17.6. The Morgan fingerprint density at radius 1 is 1.16 bits per heavy atom. The molecule has 132 valence electrons. The van der Waals surface area contributed by atoms with Crippen LogP contribution >= 0.6 is 15.9 Å². The van der Waals surface area contributed by atoms with Crippen molar-refractivity contribution in [2.75, 3.05) is 18.4 Å². The molecule has 1 aliphatic rings. The zero-order valence-corrected chi connectivity index (χ0v) is 15.7. The van der Waals surface area contributed by atoms with Gasteiger partial charge in [0.2, 0.25) is 5.91 Å². The van der Waals surface area contributed by atoms with E-state index < -0.39 is 6.10 Å². The minimum atomic E-state index is -0.572. The van der Waals surface area contributed by atoms with Crippen LogP contribution in [0.3, 0.4) is 0 Å². The van der Waals surface area contributed by atoms with Crippen LogP contribution in [-0.2, 0) is 4.79 Å². The van der Waals surface area contributed by atoms with Crippen molar-refractivity contribution >= 4 is 27.5 Å². The lowest BCUT2D eigenvalue weighted by atomic mass is 9.93. The second-order valence-electron chi connectivity index (χ2n) is 6.42. The monoisotopic (exact) mass is 402 g/mol. The number of amides is 1. The highest BCUT2D eigenvalue weighted by atomic mass is 79.9. The number of anilines is 1. The number of aliphatic hydroxyl groups is 1. The molecule has 1 heterocycles. The predicted octanol–water partition coefficient (Wildman–Crippen LogP) is 3.98. The second kappa shape index (κ2) is 8.61. The van der Waals surface area contributed by atoms with Gasteiger partial charge in [0.05, 0.1) is 18.3 Å². The maximum absolute atomic E-state index is 12.5. The van der Waals surface area contributed by atoms with E-state index in [0.717, 1.165) is 41.5 Å². The first-order valence-corrected chi connectivity index (χ1v) is 9.46. The molecular formula is C20H23BrN2O2. The summed E-state index contributed by atoms with van der Waals surface area (Å²) in [6.07, 6.45) is 2.47. The van der Waals surface area contributed by atoms with E-state index in [4.69, 9.17) is 0 Å². The molecule has 2 aromatic carbocycles. The van der Waals surface area contributed by atoms with Crippen molar-refractivity contribution in [3.8, 4) is 0 Å². The van der Waals surface area contributed by atoms with Gasteiger partial charge in [-0.2, -0.15) is 0 Å². The molecule has 2 aromatic rings. The minimum absolute atomic E-state index is 0.0267. The van der Waals surface area contributed by atoms with Crippen LogP contribution in [0.15, 0.2) is 59.1 Å². The van der Waals surface area contributed by atoms with E-state index in [0.29, 0.717) is 0 Å². The van der Waals surface area contributed by atoms with Gasteiger partial charge in [-0.25, -0.2) is 0 Å². The van der Waals surface area contributed by atoms with Crippen molar-refractivity contribution < 1.29 is 9.90 Å². The lowest BCUT2D eigenvalue weighted by molar-refractivity contribution is -0.119. The number of nitrogens with zero attached hydrogens (tertiary/aromatic N) is 1. The fraction of sp³-hybridized carbons (Fsp3) is 0.350. The maximum Gasteiger partial charge on any atom is 0.238 e. The van der Waals surface area contributed by atoms with Gasteiger partial charge in [-0.1, -0.05) is 48.9 Å². The highest BCUT2D eigenvalue weighted by Gasteiger charge is 2.30. The molecule has 1 saturated heterocycles. The Hall–Kier alpha value is -1.69. The van der Waals surface area contributed by atoms with Crippen LogP contribution in [0.2, 0.25) is 0 Å². The zero-order valence-electron chi connectivity index (χ0n) is 14.1. The molecule has 1 amide bonds. The lowest BCUT2D eigenvalue weighted by Gasteiger charge is -2.38. The van der Waals surface area contributed by atoms with Crippen molar-refractivity contribution in [2.24, 2.45) is 0 Å². The molecule has 25 heavy (non-hydrogen) atoms. The molecule has 0 spiro atoms. The molecule has 2 atom stereocenters. The smallest absolute Gasteiger partial charge is 0.238 e. The van der Waals surface area contributed by atoms with Gasteiger partial charge in [-0.3, -0.25) is 9.69 Å². The molecule has 0 aromatic heterocycles. The average Bonchev–Trinajstić information content (AvgIpc) is 2.64. The van der Waals surface area contributed by atoms with Crippen molar-refractivity contribution in [1.29, 1.82) is 0 Å². The van der Waals surface area contributed by atoms with Gasteiger partial charge in [0.1, 0.15) is 0 Å². The fourth-order valence-corrected chi connectivity index (χ4v) is 3.76. The summed E-state index contributed by atoms with van der Waals surface area (Å²) in [7, 11) is 0. The van der Waals surface area contributed by atoms with Crippen LogP contribution in [0.1, 0.15) is 30.9 Å². The third-order valence-corrected chi connectivity index (χ3v) is 5.36. The van der Waals surface area contributed by atoms with E-state index in [1.54, 1.807) is 0 Å². The summed E-state index contributed by atoms with van der Waals surface area (Å²) >= 11 is 3.45. The fourth-order valence-electron chi connectivity index (χ4n) is 3.38. The molecule has 2 unspecified atom stereocenters. The molecule has 0 radical (unpaired) electrons. The van der Waals surface area contributed by atoms with Crippen LogP contribution < -0.4 is 5.32 Å². The summed E-state index contributed by atoms with van der Waals surface area (Å²) in [6.45, 7) is 1.12. The third-order valence-electron chi connectivity index (χ3n) is 4.66. The van der Waals surface area contributed by atoms with Gasteiger partial charge in [0.25, 0.3) is 0 Å². The summed E-state index contributed by atoms with van der Waals surface area (Å²) in [6, 6.07) is 17.3. The first-order valence-electron chi connectivity index (χ1n) is 8.66. The maximum atomic E-state index is 12.5. The highest BCUT2D eigenvalue weighted by molar-refractivity contribution is 9.10.